The molecule has 0 aromatic heterocycles. The Morgan fingerprint density at radius 3 is 2.50 bits per heavy atom. The van der Waals surface area contributed by atoms with Crippen LogP contribution in [0.2, 0.25) is 0 Å². The standard InChI is InChI=1S/C17H21NO4/c1-3-4-5-6-12-7-9-13(10-8-12)18-15(20)11-14(19)16(18)17(21)22-2/h7-10,16H,3-6,11H2,1-2H3. The molecule has 0 saturated carbocycles. The van der Waals surface area contributed by atoms with E-state index in [1.807, 2.05) is 12.1 Å². The van der Waals surface area contributed by atoms with Crippen LogP contribution in [0.4, 0.5) is 5.69 Å². The molecule has 0 N–H and O–H groups in total. The van der Waals surface area contributed by atoms with Gasteiger partial charge < -0.3 is 4.74 Å². The number of carbonyl (C=O) groups is 3. The molecule has 1 atom stereocenters. The average Bonchev–Trinajstić information content (AvgIpc) is 2.82. The molecular weight excluding hydrogens is 282 g/mol. The third-order valence-corrected chi connectivity index (χ3v) is 3.87. The molecule has 118 valence electrons. The zero-order chi connectivity index (χ0) is 16.1. The number of Topliss-reactive ketones (excluding diaryl/α,β-unsaturated/α-hetero) is 1. The van der Waals surface area contributed by atoms with Crippen molar-refractivity contribution < 1.29 is 19.1 Å². The third kappa shape index (κ3) is 3.35. The second-order valence-electron chi connectivity index (χ2n) is 5.46. The topological polar surface area (TPSA) is 63.7 Å². The van der Waals surface area contributed by atoms with Gasteiger partial charge in [0.25, 0.3) is 0 Å². The van der Waals surface area contributed by atoms with Gasteiger partial charge in [-0.05, 0) is 30.5 Å². The Kier molecular flexibility index (Phi) is 5.31. The van der Waals surface area contributed by atoms with Crippen LogP contribution in [0.15, 0.2) is 24.3 Å². The lowest BCUT2D eigenvalue weighted by Gasteiger charge is -2.21. The molecule has 1 amide bonds. The van der Waals surface area contributed by atoms with E-state index in [9.17, 15) is 14.4 Å². The number of nitrogens with zero attached hydrogens (tertiary/aromatic N) is 1. The van der Waals surface area contributed by atoms with Gasteiger partial charge in [-0.25, -0.2) is 4.79 Å². The monoisotopic (exact) mass is 303 g/mol. The average molecular weight is 303 g/mol. The molecule has 5 heteroatoms. The van der Waals surface area contributed by atoms with Gasteiger partial charge in [0.05, 0.1) is 13.5 Å². The number of aryl methyl sites for hydroxylation is 1. The van der Waals surface area contributed by atoms with Gasteiger partial charge in [-0.2, -0.15) is 0 Å². The van der Waals surface area contributed by atoms with E-state index in [1.165, 1.54) is 30.4 Å². The van der Waals surface area contributed by atoms with Crippen molar-refractivity contribution in [3.8, 4) is 0 Å². The first-order valence-electron chi connectivity index (χ1n) is 7.60. The van der Waals surface area contributed by atoms with E-state index < -0.39 is 17.8 Å². The second-order valence-corrected chi connectivity index (χ2v) is 5.46. The molecule has 1 unspecified atom stereocenters. The zero-order valence-corrected chi connectivity index (χ0v) is 13.0. The van der Waals surface area contributed by atoms with Crippen molar-refractivity contribution in [3.05, 3.63) is 29.8 Å². The van der Waals surface area contributed by atoms with Gasteiger partial charge >= 0.3 is 5.97 Å². The van der Waals surface area contributed by atoms with Crippen LogP contribution in [0, 0.1) is 0 Å². The van der Waals surface area contributed by atoms with Crippen molar-refractivity contribution in [2.75, 3.05) is 12.0 Å². The normalized spacial score (nSPS) is 17.9. The maximum atomic E-state index is 12.0. The summed E-state index contributed by atoms with van der Waals surface area (Å²) in [7, 11) is 1.22. The zero-order valence-electron chi connectivity index (χ0n) is 13.0. The second kappa shape index (κ2) is 7.20. The number of carbonyl (C=O) groups excluding carboxylic acids is 3. The summed E-state index contributed by atoms with van der Waals surface area (Å²) in [6.45, 7) is 2.16. The summed E-state index contributed by atoms with van der Waals surface area (Å²) in [6, 6.07) is 6.30. The summed E-state index contributed by atoms with van der Waals surface area (Å²) in [5, 5.41) is 0. The highest BCUT2D eigenvalue weighted by molar-refractivity contribution is 6.24. The Hall–Kier alpha value is -2.17. The van der Waals surface area contributed by atoms with E-state index >= 15 is 0 Å². The summed E-state index contributed by atoms with van der Waals surface area (Å²) in [5.74, 6) is -1.47. The maximum Gasteiger partial charge on any atom is 0.336 e. The van der Waals surface area contributed by atoms with Gasteiger partial charge in [0.15, 0.2) is 11.8 Å². The molecule has 1 aromatic carbocycles. The van der Waals surface area contributed by atoms with E-state index in [-0.39, 0.29) is 12.3 Å². The molecular formula is C17H21NO4. The van der Waals surface area contributed by atoms with Crippen LogP contribution in [0.5, 0.6) is 0 Å². The van der Waals surface area contributed by atoms with E-state index in [2.05, 4.69) is 11.7 Å². The minimum absolute atomic E-state index is 0.252. The molecule has 2 rings (SSSR count). The molecule has 1 saturated heterocycles. The van der Waals surface area contributed by atoms with Crippen LogP contribution >= 0.6 is 0 Å². The number of benzene rings is 1. The molecule has 1 aliphatic heterocycles. The fourth-order valence-corrected chi connectivity index (χ4v) is 2.66. The Bertz CT molecular complexity index is 565. The first-order chi connectivity index (χ1) is 10.6. The van der Waals surface area contributed by atoms with Crippen LogP contribution in [0.3, 0.4) is 0 Å². The quantitative estimate of drug-likeness (QED) is 0.459. The van der Waals surface area contributed by atoms with Crippen LogP contribution in [-0.2, 0) is 25.5 Å². The van der Waals surface area contributed by atoms with Crippen molar-refractivity contribution >= 4 is 23.3 Å². The van der Waals surface area contributed by atoms with Gasteiger partial charge in [-0.15, -0.1) is 0 Å². The van der Waals surface area contributed by atoms with Crippen LogP contribution in [0.1, 0.15) is 38.2 Å². The van der Waals surface area contributed by atoms with Crippen LogP contribution in [-0.4, -0.2) is 30.8 Å². The van der Waals surface area contributed by atoms with E-state index in [1.54, 1.807) is 12.1 Å². The van der Waals surface area contributed by atoms with E-state index in [0.717, 1.165) is 12.8 Å². The first kappa shape index (κ1) is 16.2. The lowest BCUT2D eigenvalue weighted by atomic mass is 10.1. The Morgan fingerprint density at radius 1 is 1.23 bits per heavy atom. The van der Waals surface area contributed by atoms with Crippen LogP contribution < -0.4 is 4.90 Å². The van der Waals surface area contributed by atoms with Crippen molar-refractivity contribution in [1.29, 1.82) is 0 Å². The summed E-state index contributed by atoms with van der Waals surface area (Å²) in [4.78, 5) is 36.9. The predicted molar refractivity (Wildman–Crippen MR) is 82.6 cm³/mol. The fraction of sp³-hybridized carbons (Fsp3) is 0.471. The molecule has 1 aromatic rings. The Morgan fingerprint density at radius 2 is 1.91 bits per heavy atom. The smallest absolute Gasteiger partial charge is 0.336 e. The number of rotatable bonds is 6. The number of esters is 1. The molecule has 5 nitrogen and oxygen atoms in total. The number of ketones is 1. The molecule has 0 radical (unpaired) electrons. The van der Waals surface area contributed by atoms with Gasteiger partial charge in [0, 0.05) is 5.69 Å². The number of hydrogen-bond acceptors (Lipinski definition) is 4. The lowest BCUT2D eigenvalue weighted by molar-refractivity contribution is -0.144. The van der Waals surface area contributed by atoms with Gasteiger partial charge in [0.2, 0.25) is 5.91 Å². The lowest BCUT2D eigenvalue weighted by Crippen LogP contribution is -2.42. The Balaban J connectivity index is 2.16. The highest BCUT2D eigenvalue weighted by atomic mass is 16.5. The molecule has 1 fully saturated rings. The number of unbranched alkanes of at least 4 members (excludes halogenated alkanes) is 2. The number of hydrogen-bond donors (Lipinski definition) is 0. The first-order valence-corrected chi connectivity index (χ1v) is 7.60. The number of anilines is 1. The predicted octanol–water partition coefficient (Wildman–Crippen LogP) is 2.27. The molecule has 22 heavy (non-hydrogen) atoms. The van der Waals surface area contributed by atoms with Crippen molar-refractivity contribution in [1.82, 2.24) is 0 Å². The Labute approximate surface area is 130 Å². The summed E-state index contributed by atoms with van der Waals surface area (Å²) in [6.07, 6.45) is 4.22. The largest absolute Gasteiger partial charge is 0.467 e. The highest BCUT2D eigenvalue weighted by Crippen LogP contribution is 2.26. The van der Waals surface area contributed by atoms with Crippen molar-refractivity contribution in [2.45, 2.75) is 45.1 Å². The van der Waals surface area contributed by atoms with Crippen molar-refractivity contribution in [2.24, 2.45) is 0 Å². The minimum atomic E-state index is -1.15. The van der Waals surface area contributed by atoms with Gasteiger partial charge in [-0.3, -0.25) is 14.5 Å². The summed E-state index contributed by atoms with van der Waals surface area (Å²) in [5.41, 5.74) is 1.75. The maximum absolute atomic E-state index is 12.0. The summed E-state index contributed by atoms with van der Waals surface area (Å²) < 4.78 is 4.64. The SMILES string of the molecule is CCCCCc1ccc(N2C(=O)CC(=O)C2C(=O)OC)cc1. The highest BCUT2D eigenvalue weighted by Gasteiger charge is 2.44. The van der Waals surface area contributed by atoms with Gasteiger partial charge in [0.1, 0.15) is 0 Å². The number of amides is 1. The minimum Gasteiger partial charge on any atom is -0.467 e. The molecule has 0 bridgehead atoms. The third-order valence-electron chi connectivity index (χ3n) is 3.87. The van der Waals surface area contributed by atoms with E-state index in [0.29, 0.717) is 5.69 Å². The van der Waals surface area contributed by atoms with Crippen molar-refractivity contribution in [3.63, 3.8) is 0 Å². The number of methoxy groups -OCH3 is 1. The number of ether oxygens (including phenoxy) is 1. The van der Waals surface area contributed by atoms with Gasteiger partial charge in [-0.1, -0.05) is 31.9 Å². The molecule has 0 aliphatic carbocycles. The molecule has 1 aliphatic rings. The molecule has 0 spiro atoms. The molecule has 1 heterocycles. The summed E-state index contributed by atoms with van der Waals surface area (Å²) >= 11 is 0. The fourth-order valence-electron chi connectivity index (χ4n) is 2.66. The van der Waals surface area contributed by atoms with E-state index in [4.69, 9.17) is 0 Å². The van der Waals surface area contributed by atoms with Crippen LogP contribution in [0.25, 0.3) is 0 Å².